The maximum Gasteiger partial charge on any atom is 0.306 e. The summed E-state index contributed by atoms with van der Waals surface area (Å²) in [5.74, 6) is -0.0116. The van der Waals surface area contributed by atoms with Crippen LogP contribution in [0.25, 0.3) is 0 Å². The maximum absolute atomic E-state index is 12.7. The second-order valence-corrected chi connectivity index (χ2v) is 18.3. The highest BCUT2D eigenvalue weighted by atomic mass is 16.6. The van der Waals surface area contributed by atoms with Gasteiger partial charge in [0.2, 0.25) is 0 Å². The van der Waals surface area contributed by atoms with Crippen LogP contribution in [0.2, 0.25) is 0 Å². The van der Waals surface area contributed by atoms with Gasteiger partial charge in [-0.3, -0.25) is 14.4 Å². The molecule has 0 amide bonds. The summed E-state index contributed by atoms with van der Waals surface area (Å²) in [6.07, 6.45) is 48.0. The smallest absolute Gasteiger partial charge is 0.306 e. The molecule has 6 nitrogen and oxygen atoms in total. The molecule has 0 spiro atoms. The lowest BCUT2D eigenvalue weighted by Gasteiger charge is -2.18. The van der Waals surface area contributed by atoms with Crippen molar-refractivity contribution in [1.82, 2.24) is 0 Å². The average molecular weight is 821 g/mol. The molecule has 0 aliphatic heterocycles. The molecule has 0 aromatic rings. The van der Waals surface area contributed by atoms with Gasteiger partial charge in [0.15, 0.2) is 6.10 Å². The number of hydrogen-bond acceptors (Lipinski definition) is 6. The van der Waals surface area contributed by atoms with Crippen molar-refractivity contribution in [3.8, 4) is 0 Å². The van der Waals surface area contributed by atoms with E-state index in [0.29, 0.717) is 19.3 Å². The number of unbranched alkanes of at least 4 members (excludes halogenated alkanes) is 34. The van der Waals surface area contributed by atoms with E-state index in [4.69, 9.17) is 14.2 Å². The summed E-state index contributed by atoms with van der Waals surface area (Å²) in [6, 6.07) is 0. The minimum absolute atomic E-state index is 0.0627. The van der Waals surface area contributed by atoms with E-state index in [1.165, 1.54) is 186 Å². The van der Waals surface area contributed by atoms with Crippen molar-refractivity contribution in [2.24, 2.45) is 5.92 Å². The third-order valence-electron chi connectivity index (χ3n) is 11.8. The van der Waals surface area contributed by atoms with E-state index in [-0.39, 0.29) is 31.1 Å². The first-order valence-corrected chi connectivity index (χ1v) is 25.9. The van der Waals surface area contributed by atoms with E-state index >= 15 is 0 Å². The summed E-state index contributed by atoms with van der Waals surface area (Å²) in [4.78, 5) is 37.9. The predicted molar refractivity (Wildman–Crippen MR) is 247 cm³/mol. The predicted octanol–water partition coefficient (Wildman–Crippen LogP) is 16.7. The van der Waals surface area contributed by atoms with E-state index in [2.05, 4.69) is 27.7 Å². The Hall–Kier alpha value is -1.59. The third-order valence-corrected chi connectivity index (χ3v) is 11.8. The van der Waals surface area contributed by atoms with Crippen LogP contribution in [0.3, 0.4) is 0 Å². The zero-order valence-corrected chi connectivity index (χ0v) is 39.5. The van der Waals surface area contributed by atoms with Crippen LogP contribution >= 0.6 is 0 Å². The van der Waals surface area contributed by atoms with Crippen LogP contribution in [0.5, 0.6) is 0 Å². The zero-order valence-electron chi connectivity index (χ0n) is 39.5. The lowest BCUT2D eigenvalue weighted by Crippen LogP contribution is -2.30. The number of carbonyl (C=O) groups excluding carboxylic acids is 3. The molecule has 1 atom stereocenters. The molecule has 0 aliphatic carbocycles. The molecule has 0 radical (unpaired) electrons. The first kappa shape index (κ1) is 56.4. The van der Waals surface area contributed by atoms with Gasteiger partial charge in [-0.2, -0.15) is 0 Å². The highest BCUT2D eigenvalue weighted by Gasteiger charge is 2.19. The summed E-state index contributed by atoms with van der Waals surface area (Å²) in [7, 11) is 0. The fraction of sp³-hybridized carbons (Fsp3) is 0.942. The Morgan fingerprint density at radius 2 is 0.569 bits per heavy atom. The molecule has 0 aromatic carbocycles. The minimum Gasteiger partial charge on any atom is -0.462 e. The number of esters is 3. The fourth-order valence-electron chi connectivity index (χ4n) is 7.86. The number of hydrogen-bond donors (Lipinski definition) is 0. The Kier molecular flexibility index (Phi) is 45.2. The van der Waals surface area contributed by atoms with Gasteiger partial charge in [0.25, 0.3) is 0 Å². The largest absolute Gasteiger partial charge is 0.462 e. The van der Waals surface area contributed by atoms with Gasteiger partial charge in [0, 0.05) is 19.3 Å². The zero-order chi connectivity index (χ0) is 42.4. The summed E-state index contributed by atoms with van der Waals surface area (Å²) in [6.45, 7) is 9.02. The van der Waals surface area contributed by atoms with Crippen molar-refractivity contribution in [1.29, 1.82) is 0 Å². The van der Waals surface area contributed by atoms with Crippen LogP contribution in [0.15, 0.2) is 0 Å². The molecule has 0 N–H and O–H groups in total. The van der Waals surface area contributed by atoms with E-state index in [1.54, 1.807) is 0 Å². The number of ether oxygens (including phenoxy) is 3. The Morgan fingerprint density at radius 1 is 0.328 bits per heavy atom. The second-order valence-electron chi connectivity index (χ2n) is 18.3. The molecule has 0 fully saturated rings. The van der Waals surface area contributed by atoms with Gasteiger partial charge in [-0.25, -0.2) is 0 Å². The Morgan fingerprint density at radius 3 is 0.845 bits per heavy atom. The molecule has 0 bridgehead atoms. The topological polar surface area (TPSA) is 78.9 Å². The lowest BCUT2D eigenvalue weighted by atomic mass is 10.0. The summed E-state index contributed by atoms with van der Waals surface area (Å²) >= 11 is 0. The number of rotatable bonds is 47. The highest BCUT2D eigenvalue weighted by molar-refractivity contribution is 5.71. The van der Waals surface area contributed by atoms with Gasteiger partial charge in [0.05, 0.1) is 0 Å². The SMILES string of the molecule is CCCCCCCCCCCCCCCCCC(=O)OC[C@H](COC(=O)CCCCCCCCCCCCCCC(C)C)OC(=O)CCCCCCCCCCCC. The molecule has 6 heteroatoms. The van der Waals surface area contributed by atoms with Gasteiger partial charge in [0.1, 0.15) is 13.2 Å². The van der Waals surface area contributed by atoms with E-state index in [9.17, 15) is 14.4 Å². The third kappa shape index (κ3) is 45.5. The van der Waals surface area contributed by atoms with Crippen molar-refractivity contribution in [3.05, 3.63) is 0 Å². The molecule has 0 rings (SSSR count). The molecular formula is C52H100O6. The fourth-order valence-corrected chi connectivity index (χ4v) is 7.86. The molecule has 0 heterocycles. The molecule has 0 saturated carbocycles. The molecule has 0 aliphatic rings. The maximum atomic E-state index is 12.7. The van der Waals surface area contributed by atoms with Crippen LogP contribution in [-0.2, 0) is 28.6 Å². The lowest BCUT2D eigenvalue weighted by molar-refractivity contribution is -0.167. The first-order chi connectivity index (χ1) is 28.4. The summed E-state index contributed by atoms with van der Waals surface area (Å²) < 4.78 is 16.8. The normalized spacial score (nSPS) is 11.9. The van der Waals surface area contributed by atoms with Gasteiger partial charge in [-0.15, -0.1) is 0 Å². The average Bonchev–Trinajstić information content (AvgIpc) is 3.21. The summed E-state index contributed by atoms with van der Waals surface area (Å²) in [5, 5.41) is 0. The van der Waals surface area contributed by atoms with Gasteiger partial charge in [-0.05, 0) is 25.2 Å². The highest BCUT2D eigenvalue weighted by Crippen LogP contribution is 2.17. The van der Waals surface area contributed by atoms with E-state index < -0.39 is 6.10 Å². The van der Waals surface area contributed by atoms with E-state index in [0.717, 1.165) is 63.7 Å². The molecule has 344 valence electrons. The van der Waals surface area contributed by atoms with Crippen LogP contribution in [0, 0.1) is 5.92 Å². The van der Waals surface area contributed by atoms with E-state index in [1.807, 2.05) is 0 Å². The summed E-state index contributed by atoms with van der Waals surface area (Å²) in [5.41, 5.74) is 0. The van der Waals surface area contributed by atoms with Crippen molar-refractivity contribution < 1.29 is 28.6 Å². The standard InChI is InChI=1S/C52H100O6/c1-5-7-9-11-13-15-17-18-19-20-24-28-31-35-39-43-50(53)56-46-49(58-52(55)45-41-37-33-27-16-14-12-10-8-6-2)47-57-51(54)44-40-36-32-29-25-22-21-23-26-30-34-38-42-48(3)4/h48-49H,5-47H2,1-4H3/t49-/m1/s1. The molecular weight excluding hydrogens is 721 g/mol. The Bertz CT molecular complexity index is 872. The molecule has 0 unspecified atom stereocenters. The van der Waals surface area contributed by atoms with Crippen LogP contribution in [0.1, 0.15) is 291 Å². The van der Waals surface area contributed by atoms with Gasteiger partial charge in [-0.1, -0.05) is 252 Å². The quantitative estimate of drug-likeness (QED) is 0.0346. The monoisotopic (exact) mass is 821 g/mol. The van der Waals surface area contributed by atoms with Gasteiger partial charge >= 0.3 is 17.9 Å². The minimum atomic E-state index is -0.760. The molecule has 58 heavy (non-hydrogen) atoms. The molecule has 0 aromatic heterocycles. The Balaban J connectivity index is 4.26. The van der Waals surface area contributed by atoms with Crippen LogP contribution in [0.4, 0.5) is 0 Å². The first-order valence-electron chi connectivity index (χ1n) is 25.9. The van der Waals surface area contributed by atoms with Crippen molar-refractivity contribution in [3.63, 3.8) is 0 Å². The second kappa shape index (κ2) is 46.5. The Labute approximate surface area is 361 Å². The van der Waals surface area contributed by atoms with Crippen LogP contribution < -0.4 is 0 Å². The van der Waals surface area contributed by atoms with Crippen LogP contribution in [-0.4, -0.2) is 37.2 Å². The number of carbonyl (C=O) groups is 3. The molecule has 0 saturated heterocycles. The van der Waals surface area contributed by atoms with Gasteiger partial charge < -0.3 is 14.2 Å². The van der Waals surface area contributed by atoms with Crippen molar-refractivity contribution in [2.45, 2.75) is 297 Å². The van der Waals surface area contributed by atoms with Crippen molar-refractivity contribution in [2.75, 3.05) is 13.2 Å². The van der Waals surface area contributed by atoms with Crippen molar-refractivity contribution >= 4 is 17.9 Å².